The smallest absolute Gasteiger partial charge is 0.310 e. The van der Waals surface area contributed by atoms with Gasteiger partial charge in [-0.05, 0) is 24.5 Å². The van der Waals surface area contributed by atoms with E-state index in [1.807, 2.05) is 24.3 Å². The number of aliphatic carboxylic acids is 1. The lowest BCUT2D eigenvalue weighted by molar-refractivity contribution is -0.138. The molecule has 0 saturated carbocycles. The van der Waals surface area contributed by atoms with Crippen LogP contribution in [-0.2, 0) is 4.79 Å². The number of carboxylic acid groups (broad SMARTS) is 1. The highest BCUT2D eigenvalue weighted by Crippen LogP contribution is 2.17. The first-order chi connectivity index (χ1) is 8.15. The van der Waals surface area contributed by atoms with Crippen LogP contribution >= 0.6 is 0 Å². The van der Waals surface area contributed by atoms with Crippen LogP contribution in [-0.4, -0.2) is 11.1 Å². The largest absolute Gasteiger partial charge is 0.481 e. The minimum Gasteiger partial charge on any atom is -0.481 e. The molecule has 1 atom stereocenters. The number of carbonyl (C=O) groups is 1. The molecule has 1 N–H and O–H groups in total. The second-order valence-electron chi connectivity index (χ2n) is 4.27. The van der Waals surface area contributed by atoms with Crippen molar-refractivity contribution in [2.45, 2.75) is 39.0 Å². The van der Waals surface area contributed by atoms with Crippen LogP contribution in [0, 0.1) is 0 Å². The van der Waals surface area contributed by atoms with Gasteiger partial charge in [0.05, 0.1) is 5.92 Å². The minimum absolute atomic E-state index is 0.445. The number of benzene rings is 1. The Balaban J connectivity index is 2.72. The number of carboxylic acids is 1. The van der Waals surface area contributed by atoms with Crippen molar-refractivity contribution in [3.05, 3.63) is 41.5 Å². The molecule has 17 heavy (non-hydrogen) atoms. The third-order valence-corrected chi connectivity index (χ3v) is 2.82. The summed E-state index contributed by atoms with van der Waals surface area (Å²) in [4.78, 5) is 10.9. The summed E-state index contributed by atoms with van der Waals surface area (Å²) in [5.41, 5.74) is 1.93. The summed E-state index contributed by atoms with van der Waals surface area (Å²) in [6.07, 6.45) is 7.68. The van der Waals surface area contributed by atoms with E-state index in [9.17, 15) is 4.79 Å². The van der Waals surface area contributed by atoms with E-state index >= 15 is 0 Å². The second kappa shape index (κ2) is 6.89. The summed E-state index contributed by atoms with van der Waals surface area (Å²) in [5.74, 6) is -1.23. The van der Waals surface area contributed by atoms with Gasteiger partial charge in [0.1, 0.15) is 0 Å². The van der Waals surface area contributed by atoms with Crippen LogP contribution in [0.5, 0.6) is 0 Å². The van der Waals surface area contributed by atoms with Gasteiger partial charge in [-0.3, -0.25) is 4.79 Å². The van der Waals surface area contributed by atoms with Crippen molar-refractivity contribution in [2.75, 3.05) is 0 Å². The van der Waals surface area contributed by atoms with E-state index in [0.717, 1.165) is 17.5 Å². The molecule has 0 bridgehead atoms. The van der Waals surface area contributed by atoms with Crippen LogP contribution in [0.3, 0.4) is 0 Å². The first-order valence-electron chi connectivity index (χ1n) is 6.14. The molecule has 0 fully saturated rings. The van der Waals surface area contributed by atoms with E-state index in [0.29, 0.717) is 0 Å². The molecular weight excluding hydrogens is 212 g/mol. The molecule has 0 aliphatic heterocycles. The summed E-state index contributed by atoms with van der Waals surface area (Å²) in [6.45, 7) is 3.88. The lowest BCUT2D eigenvalue weighted by atomic mass is 9.99. The molecule has 0 heterocycles. The molecule has 0 aromatic heterocycles. The van der Waals surface area contributed by atoms with Gasteiger partial charge in [0.2, 0.25) is 0 Å². The fourth-order valence-electron chi connectivity index (χ4n) is 1.62. The Morgan fingerprint density at radius 3 is 2.88 bits per heavy atom. The summed E-state index contributed by atoms with van der Waals surface area (Å²) < 4.78 is 0. The van der Waals surface area contributed by atoms with E-state index in [2.05, 4.69) is 19.1 Å². The highest BCUT2D eigenvalue weighted by Gasteiger charge is 2.12. The molecular formula is C15H20O2. The Morgan fingerprint density at radius 2 is 2.24 bits per heavy atom. The van der Waals surface area contributed by atoms with Gasteiger partial charge in [0.15, 0.2) is 0 Å². The molecule has 0 aliphatic carbocycles. The average Bonchev–Trinajstić information content (AvgIpc) is 2.34. The fraction of sp³-hybridized carbons (Fsp3) is 0.400. The van der Waals surface area contributed by atoms with Crippen molar-refractivity contribution in [1.29, 1.82) is 0 Å². The second-order valence-corrected chi connectivity index (χ2v) is 4.27. The Bertz CT molecular complexity index is 394. The van der Waals surface area contributed by atoms with Crippen LogP contribution in [0.25, 0.3) is 6.08 Å². The van der Waals surface area contributed by atoms with Gasteiger partial charge in [-0.25, -0.2) is 0 Å². The quantitative estimate of drug-likeness (QED) is 0.750. The number of hydrogen-bond acceptors (Lipinski definition) is 1. The monoisotopic (exact) mass is 232 g/mol. The predicted octanol–water partition coefficient (Wildman–Crippen LogP) is 4.08. The van der Waals surface area contributed by atoms with Crippen LogP contribution in [0.4, 0.5) is 0 Å². The van der Waals surface area contributed by atoms with Crippen molar-refractivity contribution in [3.8, 4) is 0 Å². The van der Waals surface area contributed by atoms with Crippen molar-refractivity contribution < 1.29 is 9.90 Å². The topological polar surface area (TPSA) is 37.3 Å². The summed E-state index contributed by atoms with van der Waals surface area (Å²) in [5, 5.41) is 8.95. The fourth-order valence-corrected chi connectivity index (χ4v) is 1.62. The Labute approximate surface area is 103 Å². The zero-order valence-corrected chi connectivity index (χ0v) is 10.5. The molecule has 0 amide bonds. The van der Waals surface area contributed by atoms with Gasteiger partial charge in [-0.1, -0.05) is 56.2 Å². The Kier molecular flexibility index (Phi) is 5.47. The van der Waals surface area contributed by atoms with Gasteiger partial charge >= 0.3 is 5.97 Å². The molecule has 1 aromatic rings. The molecule has 0 radical (unpaired) electrons. The first-order valence-corrected chi connectivity index (χ1v) is 6.14. The zero-order chi connectivity index (χ0) is 12.7. The molecule has 1 aromatic carbocycles. The maximum absolute atomic E-state index is 10.9. The van der Waals surface area contributed by atoms with Gasteiger partial charge in [0, 0.05) is 0 Å². The number of rotatable bonds is 6. The van der Waals surface area contributed by atoms with Gasteiger partial charge in [-0.15, -0.1) is 0 Å². The summed E-state index contributed by atoms with van der Waals surface area (Å²) >= 11 is 0. The van der Waals surface area contributed by atoms with E-state index in [1.54, 1.807) is 6.92 Å². The molecule has 0 saturated heterocycles. The lowest BCUT2D eigenvalue weighted by Gasteiger charge is -2.06. The van der Waals surface area contributed by atoms with Crippen LogP contribution in [0.2, 0.25) is 0 Å². The minimum atomic E-state index is -0.780. The lowest BCUT2D eigenvalue weighted by Crippen LogP contribution is -2.07. The highest BCUT2D eigenvalue weighted by atomic mass is 16.4. The average molecular weight is 232 g/mol. The van der Waals surface area contributed by atoms with E-state index in [-0.39, 0.29) is 0 Å². The highest BCUT2D eigenvalue weighted by molar-refractivity contribution is 5.75. The van der Waals surface area contributed by atoms with Crippen molar-refractivity contribution in [1.82, 2.24) is 0 Å². The number of unbranched alkanes of at least 4 members (excludes halogenated alkanes) is 2. The summed E-state index contributed by atoms with van der Waals surface area (Å²) in [7, 11) is 0. The molecule has 2 heteroatoms. The zero-order valence-electron chi connectivity index (χ0n) is 10.5. The maximum atomic E-state index is 10.9. The van der Waals surface area contributed by atoms with Crippen molar-refractivity contribution >= 4 is 12.0 Å². The molecule has 1 rings (SSSR count). The van der Waals surface area contributed by atoms with E-state index in [1.165, 1.54) is 12.8 Å². The third kappa shape index (κ3) is 4.43. The van der Waals surface area contributed by atoms with Crippen LogP contribution in [0.1, 0.15) is 50.2 Å². The molecule has 0 spiro atoms. The predicted molar refractivity (Wildman–Crippen MR) is 71.1 cm³/mol. The Hall–Kier alpha value is -1.57. The normalized spacial score (nSPS) is 12.8. The van der Waals surface area contributed by atoms with Gasteiger partial charge in [0.25, 0.3) is 0 Å². The van der Waals surface area contributed by atoms with Crippen molar-refractivity contribution in [2.24, 2.45) is 0 Å². The van der Waals surface area contributed by atoms with Crippen molar-refractivity contribution in [3.63, 3.8) is 0 Å². The molecule has 2 nitrogen and oxygen atoms in total. The van der Waals surface area contributed by atoms with Crippen LogP contribution < -0.4 is 0 Å². The van der Waals surface area contributed by atoms with Gasteiger partial charge in [-0.2, -0.15) is 0 Å². The third-order valence-electron chi connectivity index (χ3n) is 2.82. The van der Waals surface area contributed by atoms with Gasteiger partial charge < -0.3 is 5.11 Å². The summed E-state index contributed by atoms with van der Waals surface area (Å²) in [6, 6.07) is 7.72. The first kappa shape index (κ1) is 13.5. The van der Waals surface area contributed by atoms with Crippen LogP contribution in [0.15, 0.2) is 30.3 Å². The number of hydrogen-bond donors (Lipinski definition) is 1. The SMILES string of the molecule is CCCCC=Cc1cccc(C(C)C(=O)O)c1. The Morgan fingerprint density at radius 1 is 1.47 bits per heavy atom. The molecule has 0 aliphatic rings. The van der Waals surface area contributed by atoms with E-state index in [4.69, 9.17) is 5.11 Å². The standard InChI is InChI=1S/C15H20O2/c1-3-4-5-6-8-13-9-7-10-14(11-13)12(2)15(16)17/h6-12H,3-5H2,1-2H3,(H,16,17). The van der Waals surface area contributed by atoms with E-state index < -0.39 is 11.9 Å². The molecule has 1 unspecified atom stereocenters. The molecule has 92 valence electrons. The number of allylic oxidation sites excluding steroid dienone is 1. The maximum Gasteiger partial charge on any atom is 0.310 e.